The molecule has 4 nitrogen and oxygen atoms in total. The van der Waals surface area contributed by atoms with E-state index in [1.807, 2.05) is 6.92 Å². The van der Waals surface area contributed by atoms with Crippen LogP contribution in [0.2, 0.25) is 0 Å². The Morgan fingerprint density at radius 1 is 1.41 bits per heavy atom. The Morgan fingerprint density at radius 2 is 2.06 bits per heavy atom. The number of nitrogens with one attached hydrogen (secondary N) is 1. The second-order valence-electron chi connectivity index (χ2n) is 3.55. The molecule has 0 aliphatic heterocycles. The van der Waals surface area contributed by atoms with Gasteiger partial charge in [0.1, 0.15) is 19.0 Å². The van der Waals surface area contributed by atoms with Crippen LogP contribution in [0.25, 0.3) is 0 Å². The summed E-state index contributed by atoms with van der Waals surface area (Å²) in [6, 6.07) is 0. The lowest BCUT2D eigenvalue weighted by Crippen LogP contribution is -2.21. The van der Waals surface area contributed by atoms with Gasteiger partial charge in [0.2, 0.25) is 0 Å². The number of nitrogens with zero attached hydrogens (tertiary/aromatic N) is 1. The molecule has 1 rings (SSSR count). The van der Waals surface area contributed by atoms with Crippen molar-refractivity contribution >= 4 is 0 Å². The Morgan fingerprint density at radius 3 is 2.59 bits per heavy atom. The molecule has 0 saturated carbocycles. The summed E-state index contributed by atoms with van der Waals surface area (Å²) in [7, 11) is 0. The Labute approximate surface area is 95.8 Å². The van der Waals surface area contributed by atoms with Crippen molar-refractivity contribution in [2.24, 2.45) is 0 Å². The first-order chi connectivity index (χ1) is 7.83. The lowest BCUT2D eigenvalue weighted by molar-refractivity contribution is -0.177. The summed E-state index contributed by atoms with van der Waals surface area (Å²) in [5.74, 6) is 0.113. The SMILES string of the molecule is CCc1nc(COCC(F)(F)F)[nH]c(=O)c1C. The maximum absolute atomic E-state index is 11.8. The van der Waals surface area contributed by atoms with Crippen molar-refractivity contribution in [1.29, 1.82) is 0 Å². The molecule has 0 atom stereocenters. The number of H-pyrrole nitrogens is 1. The number of ether oxygens (including phenoxy) is 1. The van der Waals surface area contributed by atoms with Gasteiger partial charge in [0.25, 0.3) is 5.56 Å². The summed E-state index contributed by atoms with van der Waals surface area (Å²) >= 11 is 0. The highest BCUT2D eigenvalue weighted by molar-refractivity contribution is 5.15. The number of halogens is 3. The predicted octanol–water partition coefficient (Wildman–Crippen LogP) is 1.72. The van der Waals surface area contributed by atoms with Crippen LogP contribution in [0.3, 0.4) is 0 Å². The molecule has 1 aromatic rings. The zero-order chi connectivity index (χ0) is 13.1. The summed E-state index contributed by atoms with van der Waals surface area (Å²) in [5, 5.41) is 0. The highest BCUT2D eigenvalue weighted by atomic mass is 19.4. The third kappa shape index (κ3) is 4.18. The standard InChI is InChI=1S/C10H13F3N2O2/c1-3-7-6(2)9(16)15-8(14-7)4-17-5-10(11,12)13/h3-5H2,1-2H3,(H,14,15,16). The molecule has 96 valence electrons. The first kappa shape index (κ1) is 13.7. The summed E-state index contributed by atoms with van der Waals surface area (Å²) < 4.78 is 39.9. The van der Waals surface area contributed by atoms with Crippen molar-refractivity contribution < 1.29 is 17.9 Å². The van der Waals surface area contributed by atoms with Gasteiger partial charge < -0.3 is 9.72 Å². The van der Waals surface area contributed by atoms with Crippen LogP contribution >= 0.6 is 0 Å². The van der Waals surface area contributed by atoms with Crippen LogP contribution in [0.15, 0.2) is 4.79 Å². The molecule has 7 heteroatoms. The molecular weight excluding hydrogens is 237 g/mol. The minimum absolute atomic E-state index is 0.113. The molecule has 0 unspecified atom stereocenters. The van der Waals surface area contributed by atoms with Gasteiger partial charge in [0.05, 0.1) is 5.69 Å². The molecule has 0 aromatic carbocycles. The fourth-order valence-electron chi connectivity index (χ4n) is 1.31. The lowest BCUT2D eigenvalue weighted by Gasteiger charge is -2.08. The molecule has 1 aromatic heterocycles. The Kier molecular flexibility index (Phi) is 4.28. The molecule has 0 saturated heterocycles. The van der Waals surface area contributed by atoms with Crippen LogP contribution in [-0.2, 0) is 17.8 Å². The fraction of sp³-hybridized carbons (Fsp3) is 0.600. The maximum atomic E-state index is 11.8. The Hall–Kier alpha value is -1.37. The van der Waals surface area contributed by atoms with E-state index in [-0.39, 0.29) is 18.0 Å². The van der Waals surface area contributed by atoms with Crippen LogP contribution in [0.5, 0.6) is 0 Å². The summed E-state index contributed by atoms with van der Waals surface area (Å²) in [5.41, 5.74) is 0.703. The maximum Gasteiger partial charge on any atom is 0.411 e. The van der Waals surface area contributed by atoms with E-state index in [2.05, 4.69) is 14.7 Å². The fourth-order valence-corrected chi connectivity index (χ4v) is 1.31. The van der Waals surface area contributed by atoms with E-state index in [1.165, 1.54) is 0 Å². The molecule has 0 bridgehead atoms. The average Bonchev–Trinajstić information content (AvgIpc) is 2.21. The van der Waals surface area contributed by atoms with Gasteiger partial charge in [-0.05, 0) is 13.3 Å². The van der Waals surface area contributed by atoms with E-state index >= 15 is 0 Å². The van der Waals surface area contributed by atoms with E-state index in [4.69, 9.17) is 0 Å². The predicted molar refractivity (Wildman–Crippen MR) is 54.7 cm³/mol. The molecule has 0 amide bonds. The number of aromatic amines is 1. The number of alkyl halides is 3. The molecule has 0 aliphatic rings. The molecule has 0 fully saturated rings. The summed E-state index contributed by atoms with van der Waals surface area (Å²) in [6.07, 6.45) is -3.83. The first-order valence-electron chi connectivity index (χ1n) is 5.06. The van der Waals surface area contributed by atoms with Crippen LogP contribution in [-0.4, -0.2) is 22.8 Å². The third-order valence-electron chi connectivity index (χ3n) is 2.14. The van der Waals surface area contributed by atoms with E-state index in [9.17, 15) is 18.0 Å². The van der Waals surface area contributed by atoms with Gasteiger partial charge in [-0.25, -0.2) is 4.98 Å². The Balaban J connectivity index is 2.73. The molecule has 0 spiro atoms. The summed E-state index contributed by atoms with van der Waals surface area (Å²) in [4.78, 5) is 17.8. The first-order valence-corrected chi connectivity index (χ1v) is 5.06. The van der Waals surface area contributed by atoms with E-state index in [0.717, 1.165) is 0 Å². The van der Waals surface area contributed by atoms with Gasteiger partial charge >= 0.3 is 6.18 Å². The zero-order valence-electron chi connectivity index (χ0n) is 9.52. The number of hydrogen-bond acceptors (Lipinski definition) is 3. The van der Waals surface area contributed by atoms with Gasteiger partial charge in [-0.3, -0.25) is 4.79 Å². The van der Waals surface area contributed by atoms with Crippen LogP contribution in [0.1, 0.15) is 24.0 Å². The quantitative estimate of drug-likeness (QED) is 0.885. The second kappa shape index (κ2) is 5.31. The smallest absolute Gasteiger partial charge is 0.364 e. The molecule has 17 heavy (non-hydrogen) atoms. The van der Waals surface area contributed by atoms with Crippen LogP contribution in [0, 0.1) is 6.92 Å². The van der Waals surface area contributed by atoms with Crippen LogP contribution < -0.4 is 5.56 Å². The van der Waals surface area contributed by atoms with Gasteiger partial charge in [-0.2, -0.15) is 13.2 Å². The second-order valence-corrected chi connectivity index (χ2v) is 3.55. The highest BCUT2D eigenvalue weighted by Gasteiger charge is 2.27. The average molecular weight is 250 g/mol. The summed E-state index contributed by atoms with van der Waals surface area (Å²) in [6.45, 7) is 1.72. The van der Waals surface area contributed by atoms with Gasteiger partial charge in [0.15, 0.2) is 0 Å². The lowest BCUT2D eigenvalue weighted by atomic mass is 10.2. The van der Waals surface area contributed by atoms with E-state index in [0.29, 0.717) is 17.7 Å². The highest BCUT2D eigenvalue weighted by Crippen LogP contribution is 2.15. The van der Waals surface area contributed by atoms with Crippen molar-refractivity contribution in [2.75, 3.05) is 6.61 Å². The van der Waals surface area contributed by atoms with Crippen molar-refractivity contribution in [2.45, 2.75) is 33.1 Å². The van der Waals surface area contributed by atoms with Crippen LogP contribution in [0.4, 0.5) is 13.2 Å². The number of hydrogen-bond donors (Lipinski definition) is 1. The van der Waals surface area contributed by atoms with Crippen molar-refractivity contribution in [3.8, 4) is 0 Å². The number of aromatic nitrogens is 2. The molecule has 0 radical (unpaired) electrons. The molecule has 1 heterocycles. The van der Waals surface area contributed by atoms with Crippen molar-refractivity contribution in [3.05, 3.63) is 27.4 Å². The van der Waals surface area contributed by atoms with Gasteiger partial charge in [0, 0.05) is 5.56 Å². The van der Waals surface area contributed by atoms with E-state index < -0.39 is 12.8 Å². The topological polar surface area (TPSA) is 55.0 Å². The third-order valence-corrected chi connectivity index (χ3v) is 2.14. The van der Waals surface area contributed by atoms with Crippen molar-refractivity contribution in [3.63, 3.8) is 0 Å². The molecule has 0 aliphatic carbocycles. The van der Waals surface area contributed by atoms with Gasteiger partial charge in [-0.15, -0.1) is 0 Å². The molecular formula is C10H13F3N2O2. The number of aryl methyl sites for hydroxylation is 1. The largest absolute Gasteiger partial charge is 0.411 e. The molecule has 1 N–H and O–H groups in total. The zero-order valence-corrected chi connectivity index (χ0v) is 9.52. The van der Waals surface area contributed by atoms with Crippen molar-refractivity contribution in [1.82, 2.24) is 9.97 Å². The minimum Gasteiger partial charge on any atom is -0.364 e. The normalized spacial score (nSPS) is 11.8. The number of rotatable bonds is 4. The minimum atomic E-state index is -4.38. The van der Waals surface area contributed by atoms with E-state index in [1.54, 1.807) is 6.92 Å². The monoisotopic (exact) mass is 250 g/mol. The Bertz CT molecular complexity index is 440. The van der Waals surface area contributed by atoms with Gasteiger partial charge in [-0.1, -0.05) is 6.92 Å².